The summed E-state index contributed by atoms with van der Waals surface area (Å²) in [6.45, 7) is 7.28. The van der Waals surface area contributed by atoms with E-state index < -0.39 is 10.0 Å². The Balaban J connectivity index is 1.29. The molecule has 11 heteroatoms. The van der Waals surface area contributed by atoms with Crippen molar-refractivity contribution in [3.8, 4) is 0 Å². The summed E-state index contributed by atoms with van der Waals surface area (Å²) in [7, 11) is -3.58. The SMILES string of the molecule is Cc1ccc(S(=O)(=O)N2CCC(C(=O)N(CCCN3CCOCC3)c3nc4c(Cl)cccc4s3)CC2)cc1. The van der Waals surface area contributed by atoms with E-state index in [1.54, 1.807) is 17.0 Å². The van der Waals surface area contributed by atoms with Gasteiger partial charge in [0.1, 0.15) is 5.52 Å². The number of hydrogen-bond acceptors (Lipinski definition) is 7. The molecule has 8 nitrogen and oxygen atoms in total. The van der Waals surface area contributed by atoms with E-state index in [1.807, 2.05) is 37.3 Å². The van der Waals surface area contributed by atoms with Gasteiger partial charge in [-0.05, 0) is 50.5 Å². The molecule has 3 aromatic rings. The number of amides is 1. The van der Waals surface area contributed by atoms with Crippen molar-refractivity contribution in [3.63, 3.8) is 0 Å². The van der Waals surface area contributed by atoms with Gasteiger partial charge in [-0.15, -0.1) is 0 Å². The van der Waals surface area contributed by atoms with Crippen molar-refractivity contribution in [1.82, 2.24) is 14.2 Å². The van der Waals surface area contributed by atoms with Crippen molar-refractivity contribution in [2.75, 3.05) is 57.4 Å². The Morgan fingerprint density at radius 1 is 1.11 bits per heavy atom. The molecule has 1 aromatic heterocycles. The molecule has 1 amide bonds. The molecule has 0 atom stereocenters. The summed E-state index contributed by atoms with van der Waals surface area (Å²) in [5.74, 6) is -0.250. The lowest BCUT2D eigenvalue weighted by atomic mass is 9.96. The highest BCUT2D eigenvalue weighted by Gasteiger charge is 2.35. The fourth-order valence-corrected chi connectivity index (χ4v) is 7.79. The molecule has 204 valence electrons. The minimum atomic E-state index is -3.58. The number of rotatable bonds is 8. The molecule has 2 fully saturated rings. The Bertz CT molecular complexity index is 1370. The number of morpholine rings is 1. The number of aromatic nitrogens is 1. The number of fused-ring (bicyclic) bond motifs is 1. The summed E-state index contributed by atoms with van der Waals surface area (Å²) in [5.41, 5.74) is 1.72. The van der Waals surface area contributed by atoms with Gasteiger partial charge in [0.15, 0.2) is 5.13 Å². The number of sulfonamides is 1. The number of piperidine rings is 1. The minimum Gasteiger partial charge on any atom is -0.379 e. The van der Waals surface area contributed by atoms with Crippen LogP contribution in [0, 0.1) is 12.8 Å². The first-order chi connectivity index (χ1) is 18.3. The molecule has 2 aliphatic heterocycles. The number of hydrogen-bond donors (Lipinski definition) is 0. The van der Waals surface area contributed by atoms with Crippen LogP contribution in [0.2, 0.25) is 5.02 Å². The summed E-state index contributed by atoms with van der Waals surface area (Å²) in [6.07, 6.45) is 1.78. The second kappa shape index (κ2) is 12.0. The summed E-state index contributed by atoms with van der Waals surface area (Å²) >= 11 is 7.86. The third-order valence-corrected chi connectivity index (χ3v) is 10.5. The normalized spacial score (nSPS) is 18.2. The fraction of sp³-hybridized carbons (Fsp3) is 0.481. The maximum absolute atomic E-state index is 13.9. The first-order valence-electron chi connectivity index (χ1n) is 13.1. The summed E-state index contributed by atoms with van der Waals surface area (Å²) in [4.78, 5) is 23.1. The van der Waals surface area contributed by atoms with E-state index in [2.05, 4.69) is 4.90 Å². The molecule has 0 radical (unpaired) electrons. The van der Waals surface area contributed by atoms with Crippen molar-refractivity contribution in [1.29, 1.82) is 0 Å². The monoisotopic (exact) mass is 576 g/mol. The van der Waals surface area contributed by atoms with E-state index in [1.165, 1.54) is 15.6 Å². The zero-order valence-electron chi connectivity index (χ0n) is 21.5. The highest BCUT2D eigenvalue weighted by atomic mass is 35.5. The largest absolute Gasteiger partial charge is 0.379 e. The predicted octanol–water partition coefficient (Wildman–Crippen LogP) is 4.41. The fourth-order valence-electron chi connectivity index (χ4n) is 5.02. The predicted molar refractivity (Wildman–Crippen MR) is 152 cm³/mol. The highest BCUT2D eigenvalue weighted by Crippen LogP contribution is 2.35. The Morgan fingerprint density at radius 3 is 2.50 bits per heavy atom. The van der Waals surface area contributed by atoms with Crippen molar-refractivity contribution >= 4 is 54.2 Å². The number of carbonyl (C=O) groups is 1. The van der Waals surface area contributed by atoms with E-state index in [9.17, 15) is 13.2 Å². The van der Waals surface area contributed by atoms with Crippen LogP contribution < -0.4 is 4.90 Å². The second-order valence-electron chi connectivity index (χ2n) is 9.87. The van der Waals surface area contributed by atoms with Crippen LogP contribution in [0.1, 0.15) is 24.8 Å². The average Bonchev–Trinajstić information content (AvgIpc) is 3.37. The molecule has 2 aromatic carbocycles. The lowest BCUT2D eigenvalue weighted by molar-refractivity contribution is -0.123. The molecular formula is C27H33ClN4O4S2. The van der Waals surface area contributed by atoms with E-state index in [0.717, 1.165) is 49.5 Å². The minimum absolute atomic E-state index is 0.00883. The van der Waals surface area contributed by atoms with E-state index in [0.29, 0.717) is 53.0 Å². The van der Waals surface area contributed by atoms with Gasteiger partial charge < -0.3 is 4.74 Å². The maximum atomic E-state index is 13.9. The van der Waals surface area contributed by atoms with Crippen LogP contribution in [0.15, 0.2) is 47.4 Å². The molecule has 0 N–H and O–H groups in total. The van der Waals surface area contributed by atoms with Crippen LogP contribution in [-0.4, -0.2) is 81.0 Å². The zero-order chi connectivity index (χ0) is 26.7. The first-order valence-corrected chi connectivity index (χ1v) is 15.7. The van der Waals surface area contributed by atoms with Gasteiger partial charge in [-0.25, -0.2) is 13.4 Å². The molecular weight excluding hydrogens is 544 g/mol. The number of halogens is 1. The van der Waals surface area contributed by atoms with Crippen molar-refractivity contribution in [2.45, 2.75) is 31.1 Å². The van der Waals surface area contributed by atoms with Crippen LogP contribution in [0.3, 0.4) is 0 Å². The van der Waals surface area contributed by atoms with Crippen LogP contribution in [0.4, 0.5) is 5.13 Å². The number of para-hydroxylation sites is 1. The van der Waals surface area contributed by atoms with Crippen LogP contribution in [-0.2, 0) is 19.6 Å². The van der Waals surface area contributed by atoms with Gasteiger partial charge in [0.25, 0.3) is 0 Å². The average molecular weight is 577 g/mol. The Kier molecular flexibility index (Phi) is 8.66. The van der Waals surface area contributed by atoms with Crippen molar-refractivity contribution in [2.24, 2.45) is 5.92 Å². The molecule has 3 heterocycles. The zero-order valence-corrected chi connectivity index (χ0v) is 23.9. The van der Waals surface area contributed by atoms with Gasteiger partial charge in [-0.3, -0.25) is 14.6 Å². The number of aryl methyl sites for hydroxylation is 1. The van der Waals surface area contributed by atoms with Gasteiger partial charge in [-0.1, -0.05) is 46.7 Å². The van der Waals surface area contributed by atoms with E-state index in [4.69, 9.17) is 21.3 Å². The quantitative estimate of drug-likeness (QED) is 0.395. The van der Waals surface area contributed by atoms with E-state index >= 15 is 0 Å². The van der Waals surface area contributed by atoms with Gasteiger partial charge in [-0.2, -0.15) is 4.31 Å². The molecule has 5 rings (SSSR count). The van der Waals surface area contributed by atoms with Gasteiger partial charge in [0.05, 0.1) is 27.8 Å². The van der Waals surface area contributed by atoms with Crippen molar-refractivity contribution in [3.05, 3.63) is 53.1 Å². The molecule has 2 saturated heterocycles. The lowest BCUT2D eigenvalue weighted by Crippen LogP contribution is -2.45. The van der Waals surface area contributed by atoms with Crippen molar-refractivity contribution < 1.29 is 17.9 Å². The molecule has 0 aliphatic carbocycles. The smallest absolute Gasteiger partial charge is 0.243 e. The van der Waals surface area contributed by atoms with Gasteiger partial charge >= 0.3 is 0 Å². The number of anilines is 1. The molecule has 0 saturated carbocycles. The third-order valence-electron chi connectivity index (χ3n) is 7.28. The molecule has 38 heavy (non-hydrogen) atoms. The summed E-state index contributed by atoms with van der Waals surface area (Å²) in [6, 6.07) is 12.6. The Hall–Kier alpha value is -2.08. The summed E-state index contributed by atoms with van der Waals surface area (Å²) in [5, 5.41) is 1.22. The lowest BCUT2D eigenvalue weighted by Gasteiger charge is -2.33. The maximum Gasteiger partial charge on any atom is 0.243 e. The molecule has 0 bridgehead atoms. The van der Waals surface area contributed by atoms with Crippen LogP contribution in [0.5, 0.6) is 0 Å². The second-order valence-corrected chi connectivity index (χ2v) is 13.2. The molecule has 2 aliphatic rings. The number of thiazole rings is 1. The Morgan fingerprint density at radius 2 is 1.82 bits per heavy atom. The van der Waals surface area contributed by atoms with Crippen LogP contribution >= 0.6 is 22.9 Å². The third kappa shape index (κ3) is 6.05. The topological polar surface area (TPSA) is 83.1 Å². The standard InChI is InChI=1S/C27H33ClN4O4S2/c1-20-6-8-22(9-7-20)38(34,35)31-14-10-21(11-15-31)26(33)32(13-3-12-30-16-18-36-19-17-30)27-29-25-23(28)4-2-5-24(25)37-27/h2,4-9,21H,3,10-19H2,1H3. The number of carbonyl (C=O) groups excluding carboxylic acids is 1. The number of nitrogens with zero attached hydrogens (tertiary/aromatic N) is 4. The summed E-state index contributed by atoms with van der Waals surface area (Å²) < 4.78 is 34.2. The highest BCUT2D eigenvalue weighted by molar-refractivity contribution is 7.89. The first kappa shape index (κ1) is 27.5. The number of ether oxygens (including phenoxy) is 1. The Labute approximate surface area is 233 Å². The molecule has 0 unspecified atom stereocenters. The molecule has 0 spiro atoms. The van der Waals surface area contributed by atoms with Gasteiger partial charge in [0.2, 0.25) is 15.9 Å². The number of benzene rings is 2. The van der Waals surface area contributed by atoms with E-state index in [-0.39, 0.29) is 11.8 Å². The van der Waals surface area contributed by atoms with Crippen LogP contribution in [0.25, 0.3) is 10.2 Å². The van der Waals surface area contributed by atoms with Gasteiger partial charge in [0, 0.05) is 45.2 Å².